The Balaban J connectivity index is 1.31. The number of nitrogens with zero attached hydrogens (tertiary/aromatic N) is 1. The molecule has 1 fully saturated rings. The molecular weight excluding hydrogens is 402 g/mol. The molecule has 2 atom stereocenters. The van der Waals surface area contributed by atoms with Gasteiger partial charge in [0.05, 0.1) is 0 Å². The minimum absolute atomic E-state index is 0.0819. The molecule has 6 nitrogen and oxygen atoms in total. The molecule has 3 aromatic rings. The molecule has 0 saturated carbocycles. The van der Waals surface area contributed by atoms with Crippen LogP contribution in [0.4, 0.5) is 0 Å². The van der Waals surface area contributed by atoms with Gasteiger partial charge in [-0.2, -0.15) is 0 Å². The minimum Gasteiger partial charge on any atom is -0.457 e. The quantitative estimate of drug-likeness (QED) is 0.591. The number of carbonyl (C=O) groups excluding carboxylic acids is 2. The van der Waals surface area contributed by atoms with E-state index in [-0.39, 0.29) is 11.9 Å². The van der Waals surface area contributed by atoms with Gasteiger partial charge in [0.2, 0.25) is 5.91 Å². The number of hydrogen-bond acceptors (Lipinski definition) is 4. The van der Waals surface area contributed by atoms with Gasteiger partial charge in [-0.1, -0.05) is 30.3 Å². The summed E-state index contributed by atoms with van der Waals surface area (Å²) in [6, 6.07) is 24.5. The zero-order valence-corrected chi connectivity index (χ0v) is 18.0. The molecular formula is C26H27N3O3. The molecule has 2 amide bonds. The third-order valence-electron chi connectivity index (χ3n) is 5.88. The number of benzene rings is 3. The summed E-state index contributed by atoms with van der Waals surface area (Å²) in [6.07, 6.45) is 0.936. The largest absolute Gasteiger partial charge is 0.457 e. The Labute approximate surface area is 188 Å². The maximum atomic E-state index is 12.7. The fourth-order valence-corrected chi connectivity index (χ4v) is 3.97. The van der Waals surface area contributed by atoms with Gasteiger partial charge in [-0.3, -0.25) is 14.5 Å². The maximum Gasteiger partial charge on any atom is 0.251 e. The van der Waals surface area contributed by atoms with Gasteiger partial charge in [0.1, 0.15) is 11.5 Å². The van der Waals surface area contributed by atoms with E-state index in [2.05, 4.69) is 41.4 Å². The number of rotatable bonds is 7. The lowest BCUT2D eigenvalue weighted by Crippen LogP contribution is -2.37. The molecule has 0 aromatic heterocycles. The topological polar surface area (TPSA) is 84.7 Å². The fourth-order valence-electron chi connectivity index (χ4n) is 3.97. The highest BCUT2D eigenvalue weighted by molar-refractivity contribution is 5.94. The number of amides is 2. The Morgan fingerprint density at radius 3 is 2.12 bits per heavy atom. The lowest BCUT2D eigenvalue weighted by Gasteiger charge is -2.24. The van der Waals surface area contributed by atoms with Gasteiger partial charge in [0.25, 0.3) is 5.91 Å². The van der Waals surface area contributed by atoms with Crippen LogP contribution < -0.4 is 15.8 Å². The average molecular weight is 430 g/mol. The molecule has 32 heavy (non-hydrogen) atoms. The summed E-state index contributed by atoms with van der Waals surface area (Å²) < 4.78 is 5.77. The number of carbonyl (C=O) groups is 2. The van der Waals surface area contributed by atoms with Crippen molar-refractivity contribution in [1.82, 2.24) is 10.2 Å². The summed E-state index contributed by atoms with van der Waals surface area (Å²) in [5, 5.41) is 3.15. The lowest BCUT2D eigenvalue weighted by molar-refractivity contribution is 0.0935. The monoisotopic (exact) mass is 429 g/mol. The van der Waals surface area contributed by atoms with Crippen molar-refractivity contribution in [3.05, 3.63) is 95.6 Å². The van der Waals surface area contributed by atoms with Crippen molar-refractivity contribution in [2.45, 2.75) is 25.4 Å². The van der Waals surface area contributed by atoms with Crippen LogP contribution in [-0.4, -0.2) is 35.8 Å². The summed E-state index contributed by atoms with van der Waals surface area (Å²) in [6.45, 7) is 4.01. The van der Waals surface area contributed by atoms with E-state index in [0.29, 0.717) is 28.7 Å². The number of nitrogens with one attached hydrogen (secondary N) is 1. The molecule has 0 spiro atoms. The molecule has 1 heterocycles. The predicted octanol–water partition coefficient (Wildman–Crippen LogP) is 4.14. The average Bonchev–Trinajstić information content (AvgIpc) is 3.28. The Bertz CT molecular complexity index is 1070. The molecule has 0 radical (unpaired) electrons. The van der Waals surface area contributed by atoms with E-state index < -0.39 is 5.91 Å². The molecule has 0 aliphatic carbocycles. The van der Waals surface area contributed by atoms with Crippen LogP contribution in [0.25, 0.3) is 0 Å². The van der Waals surface area contributed by atoms with E-state index in [4.69, 9.17) is 10.5 Å². The molecule has 1 aliphatic rings. The molecule has 0 bridgehead atoms. The first-order chi connectivity index (χ1) is 15.5. The highest BCUT2D eigenvalue weighted by Crippen LogP contribution is 2.25. The van der Waals surface area contributed by atoms with E-state index >= 15 is 0 Å². The summed E-state index contributed by atoms with van der Waals surface area (Å²) in [4.78, 5) is 26.3. The van der Waals surface area contributed by atoms with Crippen molar-refractivity contribution in [1.29, 1.82) is 0 Å². The molecule has 6 heteroatoms. The molecule has 164 valence electrons. The molecule has 3 aromatic carbocycles. The van der Waals surface area contributed by atoms with Gasteiger partial charge < -0.3 is 15.8 Å². The minimum atomic E-state index is -0.480. The van der Waals surface area contributed by atoms with Gasteiger partial charge in [-0.05, 0) is 67.4 Å². The van der Waals surface area contributed by atoms with Gasteiger partial charge in [-0.15, -0.1) is 0 Å². The first-order valence-electron chi connectivity index (χ1n) is 10.8. The van der Waals surface area contributed by atoms with Crippen molar-refractivity contribution >= 4 is 11.8 Å². The summed E-state index contributed by atoms with van der Waals surface area (Å²) >= 11 is 0. The highest BCUT2D eigenvalue weighted by atomic mass is 16.5. The number of hydrogen-bond donors (Lipinski definition) is 2. The summed E-state index contributed by atoms with van der Waals surface area (Å²) in [5.41, 5.74) is 7.56. The number of primary amides is 1. The van der Waals surface area contributed by atoms with E-state index in [1.54, 1.807) is 48.5 Å². The van der Waals surface area contributed by atoms with Crippen LogP contribution in [0.3, 0.4) is 0 Å². The van der Waals surface area contributed by atoms with Crippen LogP contribution in [0, 0.1) is 0 Å². The van der Waals surface area contributed by atoms with E-state index in [1.165, 1.54) is 5.56 Å². The van der Waals surface area contributed by atoms with Crippen LogP contribution in [0.2, 0.25) is 0 Å². The van der Waals surface area contributed by atoms with Crippen LogP contribution in [0.5, 0.6) is 11.5 Å². The van der Waals surface area contributed by atoms with E-state index in [0.717, 1.165) is 19.5 Å². The zero-order valence-electron chi connectivity index (χ0n) is 18.0. The normalized spacial score (nSPS) is 17.0. The third-order valence-corrected chi connectivity index (χ3v) is 5.88. The Hall–Kier alpha value is -3.64. The molecule has 1 aliphatic heterocycles. The zero-order chi connectivity index (χ0) is 22.5. The fraction of sp³-hybridized carbons (Fsp3) is 0.231. The van der Waals surface area contributed by atoms with Crippen molar-refractivity contribution < 1.29 is 14.3 Å². The molecule has 2 unspecified atom stereocenters. The third kappa shape index (κ3) is 5.15. The van der Waals surface area contributed by atoms with Crippen molar-refractivity contribution in [3.8, 4) is 11.5 Å². The summed E-state index contributed by atoms with van der Waals surface area (Å²) in [7, 11) is 0. The van der Waals surface area contributed by atoms with Crippen molar-refractivity contribution in [2.24, 2.45) is 5.73 Å². The standard InChI is InChI=1S/C26H27N3O3/c1-18(19-5-3-2-4-6-19)29-16-15-22(17-29)28-26(31)21-9-13-24(14-10-21)32-23-11-7-20(8-12-23)25(27)30/h2-14,18,22H,15-17H2,1H3,(H2,27,30)(H,28,31). The number of nitrogens with two attached hydrogens (primary N) is 1. The number of ether oxygens (including phenoxy) is 1. The van der Waals surface area contributed by atoms with Crippen LogP contribution >= 0.6 is 0 Å². The highest BCUT2D eigenvalue weighted by Gasteiger charge is 2.27. The first kappa shape index (κ1) is 21.6. The molecule has 1 saturated heterocycles. The Kier molecular flexibility index (Phi) is 6.52. The Morgan fingerprint density at radius 1 is 0.938 bits per heavy atom. The smallest absolute Gasteiger partial charge is 0.251 e. The van der Waals surface area contributed by atoms with E-state index in [1.807, 2.05) is 6.07 Å². The SMILES string of the molecule is CC(c1ccccc1)N1CCC(NC(=O)c2ccc(Oc3ccc(C(N)=O)cc3)cc2)C1. The first-order valence-corrected chi connectivity index (χ1v) is 10.8. The van der Waals surface area contributed by atoms with Gasteiger partial charge in [0, 0.05) is 36.3 Å². The predicted molar refractivity (Wildman–Crippen MR) is 124 cm³/mol. The van der Waals surface area contributed by atoms with Gasteiger partial charge in [0.15, 0.2) is 0 Å². The van der Waals surface area contributed by atoms with Crippen LogP contribution in [0.15, 0.2) is 78.9 Å². The van der Waals surface area contributed by atoms with Crippen molar-refractivity contribution in [3.63, 3.8) is 0 Å². The molecule has 4 rings (SSSR count). The Morgan fingerprint density at radius 2 is 1.53 bits per heavy atom. The summed E-state index contributed by atoms with van der Waals surface area (Å²) in [5.74, 6) is 0.635. The van der Waals surface area contributed by atoms with Crippen LogP contribution in [0.1, 0.15) is 45.7 Å². The number of likely N-dealkylation sites (tertiary alicyclic amines) is 1. The lowest BCUT2D eigenvalue weighted by atomic mass is 10.1. The second-order valence-electron chi connectivity index (χ2n) is 8.06. The van der Waals surface area contributed by atoms with Crippen LogP contribution in [-0.2, 0) is 0 Å². The molecule has 3 N–H and O–H groups in total. The van der Waals surface area contributed by atoms with Gasteiger partial charge >= 0.3 is 0 Å². The van der Waals surface area contributed by atoms with Gasteiger partial charge in [-0.25, -0.2) is 0 Å². The van der Waals surface area contributed by atoms with Crippen molar-refractivity contribution in [2.75, 3.05) is 13.1 Å². The maximum absolute atomic E-state index is 12.7. The van der Waals surface area contributed by atoms with E-state index in [9.17, 15) is 9.59 Å². The second-order valence-corrected chi connectivity index (χ2v) is 8.06. The second kappa shape index (κ2) is 9.66.